The maximum atomic E-state index is 12.5. The van der Waals surface area contributed by atoms with Crippen LogP contribution < -0.4 is 10.6 Å². The van der Waals surface area contributed by atoms with Gasteiger partial charge in [0.05, 0.1) is 18.0 Å². The van der Waals surface area contributed by atoms with Gasteiger partial charge in [-0.25, -0.2) is 9.97 Å². The van der Waals surface area contributed by atoms with Crippen molar-refractivity contribution in [2.45, 2.75) is 6.04 Å². The lowest BCUT2D eigenvalue weighted by molar-refractivity contribution is -0.111. The number of fused-ring (bicyclic) bond motifs is 1. The van der Waals surface area contributed by atoms with E-state index in [-0.39, 0.29) is 18.6 Å². The van der Waals surface area contributed by atoms with Crippen molar-refractivity contribution in [3.05, 3.63) is 109 Å². The van der Waals surface area contributed by atoms with Gasteiger partial charge in [0.2, 0.25) is 11.6 Å². The van der Waals surface area contributed by atoms with E-state index in [2.05, 4.69) is 20.6 Å². The van der Waals surface area contributed by atoms with Gasteiger partial charge in [-0.1, -0.05) is 78.9 Å². The summed E-state index contributed by atoms with van der Waals surface area (Å²) in [6.45, 7) is 0.541. The first-order valence-electron chi connectivity index (χ1n) is 13.0. The smallest absolute Gasteiger partial charge is 0.248 e. The molecule has 0 aliphatic rings. The second kappa shape index (κ2) is 12.4. The first-order valence-corrected chi connectivity index (χ1v) is 13.0. The highest BCUT2D eigenvalue weighted by atomic mass is 16.3. The molecule has 8 nitrogen and oxygen atoms in total. The fourth-order valence-electron chi connectivity index (χ4n) is 4.50. The first-order chi connectivity index (χ1) is 19.5. The lowest BCUT2D eigenvalue weighted by Gasteiger charge is -2.18. The van der Waals surface area contributed by atoms with Gasteiger partial charge in [0.1, 0.15) is 17.9 Å². The van der Waals surface area contributed by atoms with Crippen molar-refractivity contribution in [2.24, 2.45) is 0 Å². The van der Waals surface area contributed by atoms with E-state index in [0.29, 0.717) is 34.9 Å². The van der Waals surface area contributed by atoms with Crippen LogP contribution in [0, 0.1) is 0 Å². The van der Waals surface area contributed by atoms with Gasteiger partial charge in [0, 0.05) is 29.4 Å². The van der Waals surface area contributed by atoms with E-state index in [0.717, 1.165) is 22.3 Å². The SMILES string of the molecule is CN(C)CC=CC(=O)Nc1cccc(-c2c(-c3ccccc3)oc3ncnc(N[C@H](CO)c4ccccc4)c23)c1. The number of nitrogens with one attached hydrogen (secondary N) is 2. The molecule has 40 heavy (non-hydrogen) atoms. The molecule has 3 N–H and O–H groups in total. The highest BCUT2D eigenvalue weighted by Gasteiger charge is 2.24. The topological polar surface area (TPSA) is 104 Å². The molecule has 1 atom stereocenters. The predicted molar refractivity (Wildman–Crippen MR) is 159 cm³/mol. The molecule has 0 unspecified atom stereocenters. The lowest BCUT2D eigenvalue weighted by Crippen LogP contribution is -2.16. The summed E-state index contributed by atoms with van der Waals surface area (Å²) in [5.74, 6) is 0.960. The first kappa shape index (κ1) is 26.8. The van der Waals surface area contributed by atoms with Gasteiger partial charge in [-0.2, -0.15) is 0 Å². The third-order valence-corrected chi connectivity index (χ3v) is 6.38. The molecule has 8 heteroatoms. The number of aromatic nitrogens is 2. The van der Waals surface area contributed by atoms with Gasteiger partial charge in [-0.3, -0.25) is 4.79 Å². The summed E-state index contributed by atoms with van der Waals surface area (Å²) in [4.78, 5) is 23.5. The number of anilines is 2. The number of benzene rings is 3. The van der Waals surface area contributed by atoms with E-state index < -0.39 is 0 Å². The van der Waals surface area contributed by atoms with Crippen LogP contribution in [0.25, 0.3) is 33.6 Å². The maximum Gasteiger partial charge on any atom is 0.248 e. The molecule has 202 valence electrons. The fraction of sp³-hybridized carbons (Fsp3) is 0.156. The van der Waals surface area contributed by atoms with E-state index in [9.17, 15) is 9.90 Å². The third kappa shape index (κ3) is 6.09. The van der Waals surface area contributed by atoms with Crippen LogP contribution in [0.4, 0.5) is 11.5 Å². The molecule has 0 aliphatic heterocycles. The molecule has 1 amide bonds. The van der Waals surface area contributed by atoms with E-state index in [1.54, 1.807) is 0 Å². The minimum Gasteiger partial charge on any atom is -0.437 e. The Kier molecular flexibility index (Phi) is 8.29. The number of hydrogen-bond acceptors (Lipinski definition) is 7. The number of carbonyl (C=O) groups is 1. The van der Waals surface area contributed by atoms with Crippen LogP contribution in [0.5, 0.6) is 0 Å². The quantitative estimate of drug-likeness (QED) is 0.196. The van der Waals surface area contributed by atoms with Crippen LogP contribution >= 0.6 is 0 Å². The Morgan fingerprint density at radius 2 is 1.70 bits per heavy atom. The van der Waals surface area contributed by atoms with Crippen molar-refractivity contribution in [3.8, 4) is 22.5 Å². The number of hydrogen-bond donors (Lipinski definition) is 3. The highest BCUT2D eigenvalue weighted by molar-refractivity contribution is 6.07. The summed E-state index contributed by atoms with van der Waals surface area (Å²) in [7, 11) is 3.89. The molecule has 2 aromatic heterocycles. The summed E-state index contributed by atoms with van der Waals surface area (Å²) < 4.78 is 6.34. The second-order valence-corrected chi connectivity index (χ2v) is 9.60. The van der Waals surface area contributed by atoms with E-state index >= 15 is 0 Å². The largest absolute Gasteiger partial charge is 0.437 e. The van der Waals surface area contributed by atoms with Gasteiger partial charge in [-0.05, 0) is 37.4 Å². The van der Waals surface area contributed by atoms with Crippen molar-refractivity contribution in [2.75, 3.05) is 37.9 Å². The second-order valence-electron chi connectivity index (χ2n) is 9.60. The molecule has 0 aliphatic carbocycles. The van der Waals surface area contributed by atoms with Crippen LogP contribution in [0.3, 0.4) is 0 Å². The lowest BCUT2D eigenvalue weighted by atomic mass is 9.98. The van der Waals surface area contributed by atoms with E-state index in [1.807, 2.05) is 110 Å². The van der Waals surface area contributed by atoms with Gasteiger partial charge >= 0.3 is 0 Å². The van der Waals surface area contributed by atoms with Gasteiger partial charge in [0.25, 0.3) is 0 Å². The zero-order chi connectivity index (χ0) is 27.9. The maximum absolute atomic E-state index is 12.5. The summed E-state index contributed by atoms with van der Waals surface area (Å²) in [5.41, 5.74) is 4.48. The Bertz CT molecular complexity index is 1610. The Morgan fingerprint density at radius 1 is 0.975 bits per heavy atom. The molecular formula is C32H31N5O3. The van der Waals surface area contributed by atoms with Gasteiger partial charge < -0.3 is 25.1 Å². The van der Waals surface area contributed by atoms with E-state index in [4.69, 9.17) is 4.42 Å². The monoisotopic (exact) mass is 533 g/mol. The predicted octanol–water partition coefficient (Wildman–Crippen LogP) is 5.76. The van der Waals surface area contributed by atoms with Crippen molar-refractivity contribution < 1.29 is 14.3 Å². The Morgan fingerprint density at radius 3 is 2.42 bits per heavy atom. The standard InChI is InChI=1S/C32H31N5O3/c1-37(2)18-10-17-27(39)35-25-16-9-15-24(19-25)28-29-31(36-26(20-38)22-11-5-3-6-12-22)33-21-34-32(29)40-30(28)23-13-7-4-8-14-23/h3-17,19,21,26,38H,18,20H2,1-2H3,(H,35,39)(H,33,34,36)/t26-/m1/s1. The number of nitrogens with zero attached hydrogens (tertiary/aromatic N) is 3. The summed E-state index contributed by atoms with van der Waals surface area (Å²) in [5, 5.41) is 17.2. The molecule has 0 fully saturated rings. The Balaban J connectivity index is 1.60. The van der Waals surface area contributed by atoms with Crippen molar-refractivity contribution in [1.29, 1.82) is 0 Å². The molecular weight excluding hydrogens is 502 g/mol. The van der Waals surface area contributed by atoms with Crippen LogP contribution in [0.1, 0.15) is 11.6 Å². The average Bonchev–Trinajstić information content (AvgIpc) is 3.37. The Hall–Kier alpha value is -4.79. The van der Waals surface area contributed by atoms with Crippen molar-refractivity contribution >= 4 is 28.5 Å². The zero-order valence-electron chi connectivity index (χ0n) is 22.4. The molecule has 0 saturated heterocycles. The summed E-state index contributed by atoms with van der Waals surface area (Å²) >= 11 is 0. The van der Waals surface area contributed by atoms with Crippen LogP contribution in [-0.2, 0) is 4.79 Å². The number of aliphatic hydroxyl groups is 1. The normalized spacial score (nSPS) is 12.2. The number of rotatable bonds is 10. The molecule has 0 radical (unpaired) electrons. The number of furan rings is 1. The number of amides is 1. The van der Waals surface area contributed by atoms with Crippen LogP contribution in [0.2, 0.25) is 0 Å². The Labute approximate surface area is 233 Å². The number of aliphatic hydroxyl groups excluding tert-OH is 1. The minimum absolute atomic E-state index is 0.128. The number of carbonyl (C=O) groups excluding carboxylic acids is 1. The number of likely N-dealkylation sites (N-methyl/N-ethyl adjacent to an activating group) is 1. The highest BCUT2D eigenvalue weighted by Crippen LogP contribution is 2.43. The van der Waals surface area contributed by atoms with Gasteiger partial charge in [-0.15, -0.1) is 0 Å². The summed E-state index contributed by atoms with van der Waals surface area (Å²) in [6.07, 6.45) is 4.79. The molecule has 0 spiro atoms. The molecule has 0 saturated carbocycles. The van der Waals surface area contributed by atoms with Crippen LogP contribution in [0.15, 0.2) is 108 Å². The molecule has 0 bridgehead atoms. The molecule has 5 rings (SSSR count). The van der Waals surface area contributed by atoms with E-state index in [1.165, 1.54) is 12.4 Å². The summed E-state index contributed by atoms with van der Waals surface area (Å²) in [6, 6.07) is 26.7. The van der Waals surface area contributed by atoms with Crippen LogP contribution in [-0.4, -0.2) is 53.1 Å². The molecule has 3 aromatic carbocycles. The minimum atomic E-state index is -0.387. The van der Waals surface area contributed by atoms with Crippen molar-refractivity contribution in [3.63, 3.8) is 0 Å². The van der Waals surface area contributed by atoms with Crippen molar-refractivity contribution in [1.82, 2.24) is 14.9 Å². The average molecular weight is 534 g/mol. The molecule has 2 heterocycles. The zero-order valence-corrected chi connectivity index (χ0v) is 22.4. The third-order valence-electron chi connectivity index (χ3n) is 6.38. The fourth-order valence-corrected chi connectivity index (χ4v) is 4.50. The van der Waals surface area contributed by atoms with Gasteiger partial charge in [0.15, 0.2) is 0 Å². The molecule has 5 aromatic rings.